The van der Waals surface area contributed by atoms with Gasteiger partial charge in [-0.15, -0.1) is 0 Å². The van der Waals surface area contributed by atoms with Crippen molar-refractivity contribution in [1.82, 2.24) is 4.98 Å². The second-order valence-electron chi connectivity index (χ2n) is 4.22. The molecule has 2 N–H and O–H groups in total. The Bertz CT molecular complexity index is 535. The maximum atomic E-state index is 13.8. The van der Waals surface area contributed by atoms with Gasteiger partial charge < -0.3 is 5.73 Å². The minimum absolute atomic E-state index is 0.100. The second kappa shape index (κ2) is 4.63. The molecule has 1 unspecified atom stereocenters. The fourth-order valence-electron chi connectivity index (χ4n) is 1.81. The smallest absolute Gasteiger partial charge is 0.131 e. The van der Waals surface area contributed by atoms with Crippen molar-refractivity contribution in [3.05, 3.63) is 53.6 Å². The first-order chi connectivity index (χ1) is 8.09. The van der Waals surface area contributed by atoms with Crippen molar-refractivity contribution in [2.75, 3.05) is 0 Å². The highest BCUT2D eigenvalue weighted by Gasteiger charge is 2.10. The molecular weight excluding hydrogens is 215 g/mol. The molecule has 0 radical (unpaired) electrons. The molecule has 0 saturated carbocycles. The monoisotopic (exact) mass is 230 g/mol. The van der Waals surface area contributed by atoms with Crippen molar-refractivity contribution in [3.8, 4) is 11.1 Å². The van der Waals surface area contributed by atoms with Gasteiger partial charge in [0, 0.05) is 24.0 Å². The predicted octanol–water partition coefficient (Wildman–Crippen LogP) is 3.22. The molecule has 0 amide bonds. The number of aromatic nitrogens is 1. The van der Waals surface area contributed by atoms with Crippen LogP contribution in [0, 0.1) is 12.7 Å². The van der Waals surface area contributed by atoms with E-state index >= 15 is 0 Å². The molecule has 0 bridgehead atoms. The normalized spacial score (nSPS) is 12.5. The Labute approximate surface area is 100 Å². The van der Waals surface area contributed by atoms with E-state index in [-0.39, 0.29) is 11.9 Å². The third kappa shape index (κ3) is 2.34. The van der Waals surface area contributed by atoms with E-state index in [1.165, 1.54) is 6.07 Å². The lowest BCUT2D eigenvalue weighted by Crippen LogP contribution is -2.05. The highest BCUT2D eigenvalue weighted by atomic mass is 19.1. The molecule has 88 valence electrons. The summed E-state index contributed by atoms with van der Waals surface area (Å²) in [6, 6.07) is 6.71. The van der Waals surface area contributed by atoms with E-state index < -0.39 is 0 Å². The molecule has 2 aromatic rings. The van der Waals surface area contributed by atoms with E-state index in [9.17, 15) is 4.39 Å². The van der Waals surface area contributed by atoms with Gasteiger partial charge in [-0.2, -0.15) is 0 Å². The highest BCUT2D eigenvalue weighted by molar-refractivity contribution is 5.67. The van der Waals surface area contributed by atoms with Gasteiger partial charge in [0.1, 0.15) is 5.82 Å². The maximum absolute atomic E-state index is 13.8. The Morgan fingerprint density at radius 2 is 2.00 bits per heavy atom. The average molecular weight is 230 g/mol. The number of hydrogen-bond donors (Lipinski definition) is 1. The van der Waals surface area contributed by atoms with Gasteiger partial charge in [0.15, 0.2) is 0 Å². The number of pyridine rings is 1. The summed E-state index contributed by atoms with van der Waals surface area (Å²) in [5.41, 5.74) is 9.14. The number of nitrogens with two attached hydrogens (primary N) is 1. The Hall–Kier alpha value is -1.74. The number of hydrogen-bond acceptors (Lipinski definition) is 2. The van der Waals surface area contributed by atoms with E-state index in [0.29, 0.717) is 5.56 Å². The van der Waals surface area contributed by atoms with Crippen LogP contribution in [0.5, 0.6) is 0 Å². The van der Waals surface area contributed by atoms with Crippen LogP contribution in [0.4, 0.5) is 4.39 Å². The molecule has 2 nitrogen and oxygen atoms in total. The molecule has 0 spiro atoms. The first-order valence-electron chi connectivity index (χ1n) is 5.55. The van der Waals surface area contributed by atoms with Gasteiger partial charge in [0.2, 0.25) is 0 Å². The van der Waals surface area contributed by atoms with E-state index in [1.54, 1.807) is 18.5 Å². The van der Waals surface area contributed by atoms with E-state index in [0.717, 1.165) is 16.7 Å². The molecule has 0 aliphatic rings. The number of benzene rings is 1. The van der Waals surface area contributed by atoms with Crippen LogP contribution < -0.4 is 5.73 Å². The van der Waals surface area contributed by atoms with Crippen LogP contribution in [0.1, 0.15) is 24.1 Å². The van der Waals surface area contributed by atoms with E-state index in [4.69, 9.17) is 5.73 Å². The SMILES string of the molecule is Cc1cnccc1-c1cc(C(C)N)ccc1F. The standard InChI is InChI=1S/C14H15FN2/c1-9-8-17-6-5-12(9)13-7-11(10(2)16)3-4-14(13)15/h3-8,10H,16H2,1-2H3. The molecule has 1 aromatic heterocycles. The summed E-state index contributed by atoms with van der Waals surface area (Å²) in [6.45, 7) is 3.80. The quantitative estimate of drug-likeness (QED) is 0.860. The van der Waals surface area contributed by atoms with Crippen LogP contribution in [0.25, 0.3) is 11.1 Å². The summed E-state index contributed by atoms with van der Waals surface area (Å²) in [5.74, 6) is -0.233. The van der Waals surface area contributed by atoms with E-state index in [2.05, 4.69) is 4.98 Å². The predicted molar refractivity (Wildman–Crippen MR) is 67.0 cm³/mol. The molecule has 3 heteroatoms. The van der Waals surface area contributed by atoms with Gasteiger partial charge in [-0.05, 0) is 48.7 Å². The van der Waals surface area contributed by atoms with Gasteiger partial charge in [-0.3, -0.25) is 4.98 Å². The molecule has 0 aliphatic heterocycles. The summed E-state index contributed by atoms with van der Waals surface area (Å²) >= 11 is 0. The highest BCUT2D eigenvalue weighted by Crippen LogP contribution is 2.27. The van der Waals surface area contributed by atoms with Crippen LogP contribution in [-0.2, 0) is 0 Å². The summed E-state index contributed by atoms with van der Waals surface area (Å²) in [5, 5.41) is 0. The lowest BCUT2D eigenvalue weighted by Gasteiger charge is -2.11. The molecule has 1 aromatic carbocycles. The van der Waals surface area contributed by atoms with Crippen molar-refractivity contribution < 1.29 is 4.39 Å². The van der Waals surface area contributed by atoms with Gasteiger partial charge in [-0.1, -0.05) is 6.07 Å². The molecule has 1 heterocycles. The average Bonchev–Trinajstić information content (AvgIpc) is 2.30. The number of nitrogens with zero attached hydrogens (tertiary/aromatic N) is 1. The molecule has 17 heavy (non-hydrogen) atoms. The lowest BCUT2D eigenvalue weighted by molar-refractivity contribution is 0.629. The lowest BCUT2D eigenvalue weighted by atomic mass is 9.98. The Balaban J connectivity index is 2.59. The molecule has 2 rings (SSSR count). The Morgan fingerprint density at radius 1 is 1.24 bits per heavy atom. The van der Waals surface area contributed by atoms with Crippen LogP contribution in [-0.4, -0.2) is 4.98 Å². The van der Waals surface area contributed by atoms with Crippen molar-refractivity contribution in [3.63, 3.8) is 0 Å². The number of halogens is 1. The minimum atomic E-state index is -0.233. The molecule has 0 aliphatic carbocycles. The molecule has 1 atom stereocenters. The van der Waals surface area contributed by atoms with Gasteiger partial charge in [0.05, 0.1) is 0 Å². The first-order valence-corrected chi connectivity index (χ1v) is 5.55. The van der Waals surface area contributed by atoms with Crippen LogP contribution in [0.2, 0.25) is 0 Å². The number of aryl methyl sites for hydroxylation is 1. The first kappa shape index (κ1) is 11.7. The van der Waals surface area contributed by atoms with Gasteiger partial charge in [0.25, 0.3) is 0 Å². The minimum Gasteiger partial charge on any atom is -0.324 e. The third-order valence-corrected chi connectivity index (χ3v) is 2.83. The Morgan fingerprint density at radius 3 is 2.65 bits per heavy atom. The van der Waals surface area contributed by atoms with Crippen molar-refractivity contribution >= 4 is 0 Å². The summed E-state index contributed by atoms with van der Waals surface area (Å²) < 4.78 is 13.8. The van der Waals surface area contributed by atoms with Crippen molar-refractivity contribution in [1.29, 1.82) is 0 Å². The largest absolute Gasteiger partial charge is 0.324 e. The zero-order chi connectivity index (χ0) is 12.4. The van der Waals surface area contributed by atoms with Crippen LogP contribution in [0.15, 0.2) is 36.7 Å². The summed E-state index contributed by atoms with van der Waals surface area (Å²) in [4.78, 5) is 4.01. The van der Waals surface area contributed by atoms with Crippen LogP contribution in [0.3, 0.4) is 0 Å². The summed E-state index contributed by atoms with van der Waals surface area (Å²) in [7, 11) is 0. The fourth-order valence-corrected chi connectivity index (χ4v) is 1.81. The zero-order valence-electron chi connectivity index (χ0n) is 9.94. The third-order valence-electron chi connectivity index (χ3n) is 2.83. The maximum Gasteiger partial charge on any atom is 0.131 e. The summed E-state index contributed by atoms with van der Waals surface area (Å²) in [6.07, 6.45) is 3.40. The Kier molecular flexibility index (Phi) is 3.20. The number of rotatable bonds is 2. The topological polar surface area (TPSA) is 38.9 Å². The van der Waals surface area contributed by atoms with Crippen molar-refractivity contribution in [2.24, 2.45) is 5.73 Å². The van der Waals surface area contributed by atoms with Crippen LogP contribution >= 0.6 is 0 Å². The fraction of sp³-hybridized carbons (Fsp3) is 0.214. The molecule has 0 fully saturated rings. The van der Waals surface area contributed by atoms with Gasteiger partial charge >= 0.3 is 0 Å². The van der Waals surface area contributed by atoms with E-state index in [1.807, 2.05) is 26.0 Å². The van der Waals surface area contributed by atoms with Crippen molar-refractivity contribution in [2.45, 2.75) is 19.9 Å². The molecule has 0 saturated heterocycles. The molecular formula is C14H15FN2. The second-order valence-corrected chi connectivity index (χ2v) is 4.22. The van der Waals surface area contributed by atoms with Gasteiger partial charge in [-0.25, -0.2) is 4.39 Å². The zero-order valence-corrected chi connectivity index (χ0v) is 9.94.